The van der Waals surface area contributed by atoms with E-state index in [4.69, 9.17) is 4.74 Å². The Balaban J connectivity index is 2.62. The molecule has 5 heteroatoms. The summed E-state index contributed by atoms with van der Waals surface area (Å²) in [6, 6.07) is 3.69. The third kappa shape index (κ3) is 1.78. The van der Waals surface area contributed by atoms with E-state index in [0.29, 0.717) is 17.8 Å². The molecule has 0 bridgehead atoms. The van der Waals surface area contributed by atoms with E-state index >= 15 is 0 Å². The van der Waals surface area contributed by atoms with Gasteiger partial charge in [-0.3, -0.25) is 4.79 Å². The summed E-state index contributed by atoms with van der Waals surface area (Å²) in [6.45, 7) is 1.95. The van der Waals surface area contributed by atoms with Gasteiger partial charge in [0.1, 0.15) is 5.75 Å². The maximum absolute atomic E-state index is 10.4. The van der Waals surface area contributed by atoms with E-state index in [9.17, 15) is 4.79 Å². The fraction of sp³-hybridized carbons (Fsp3) is 0.200. The van der Waals surface area contributed by atoms with Crippen LogP contribution in [0.2, 0.25) is 0 Å². The molecule has 0 spiro atoms. The number of methoxy groups -OCH3 is 1. The first-order valence-electron chi connectivity index (χ1n) is 4.40. The molecule has 2 rings (SSSR count). The Morgan fingerprint density at radius 3 is 3.00 bits per heavy atom. The lowest BCUT2D eigenvalue weighted by molar-refractivity contribution is -0.105. The van der Waals surface area contributed by atoms with E-state index in [1.807, 2.05) is 19.1 Å². The summed E-state index contributed by atoms with van der Waals surface area (Å²) in [7, 11) is 1.57. The summed E-state index contributed by atoms with van der Waals surface area (Å²) >= 11 is 1.59. The molecule has 4 nitrogen and oxygen atoms in total. The van der Waals surface area contributed by atoms with Crippen molar-refractivity contribution < 1.29 is 9.53 Å². The number of nitrogens with zero attached hydrogens (tertiary/aromatic N) is 1. The van der Waals surface area contributed by atoms with E-state index in [2.05, 4.69) is 10.3 Å². The molecule has 0 aliphatic rings. The molecule has 78 valence electrons. The Morgan fingerprint density at radius 1 is 1.53 bits per heavy atom. The van der Waals surface area contributed by atoms with Gasteiger partial charge in [-0.2, -0.15) is 0 Å². The van der Waals surface area contributed by atoms with Gasteiger partial charge in [-0.05, 0) is 13.0 Å². The fourth-order valence-electron chi connectivity index (χ4n) is 1.42. The number of ether oxygens (including phenoxy) is 1. The van der Waals surface area contributed by atoms with Crippen LogP contribution in [0.15, 0.2) is 12.1 Å². The molecular weight excluding hydrogens is 212 g/mol. The average Bonchev–Trinajstić information content (AvgIpc) is 2.56. The number of fused-ring (bicyclic) bond motifs is 1. The Morgan fingerprint density at radius 2 is 2.33 bits per heavy atom. The molecule has 1 amide bonds. The fourth-order valence-corrected chi connectivity index (χ4v) is 2.26. The number of hydrogen-bond donors (Lipinski definition) is 1. The SMILES string of the molecule is COc1cc2nc(C)sc2cc1NC=O. The van der Waals surface area contributed by atoms with Crippen molar-refractivity contribution >= 4 is 33.7 Å². The van der Waals surface area contributed by atoms with Crippen LogP contribution in [0.4, 0.5) is 5.69 Å². The molecule has 15 heavy (non-hydrogen) atoms. The Bertz CT molecular complexity index is 507. The van der Waals surface area contributed by atoms with Crippen molar-refractivity contribution in [1.82, 2.24) is 4.98 Å². The number of rotatable bonds is 3. The lowest BCUT2D eigenvalue weighted by Crippen LogP contribution is -1.96. The van der Waals surface area contributed by atoms with Crippen LogP contribution in [0, 0.1) is 6.92 Å². The highest BCUT2D eigenvalue weighted by molar-refractivity contribution is 7.18. The third-order valence-electron chi connectivity index (χ3n) is 2.03. The van der Waals surface area contributed by atoms with Gasteiger partial charge in [0.25, 0.3) is 0 Å². The van der Waals surface area contributed by atoms with E-state index in [1.54, 1.807) is 18.4 Å². The quantitative estimate of drug-likeness (QED) is 0.810. The van der Waals surface area contributed by atoms with Gasteiger partial charge in [0.15, 0.2) is 0 Å². The topological polar surface area (TPSA) is 51.2 Å². The minimum atomic E-state index is 0.625. The highest BCUT2D eigenvalue weighted by Crippen LogP contribution is 2.32. The summed E-state index contributed by atoms with van der Waals surface area (Å²) in [5.74, 6) is 0.625. The van der Waals surface area contributed by atoms with Gasteiger partial charge in [0.05, 0.1) is 28.0 Å². The second-order valence-electron chi connectivity index (χ2n) is 3.02. The smallest absolute Gasteiger partial charge is 0.211 e. The van der Waals surface area contributed by atoms with Crippen LogP contribution in [0.1, 0.15) is 5.01 Å². The molecule has 0 radical (unpaired) electrons. The van der Waals surface area contributed by atoms with Gasteiger partial charge < -0.3 is 10.1 Å². The van der Waals surface area contributed by atoms with Crippen LogP contribution in [0.25, 0.3) is 10.2 Å². The largest absolute Gasteiger partial charge is 0.494 e. The molecule has 0 unspecified atom stereocenters. The van der Waals surface area contributed by atoms with Crippen LogP contribution in [0.3, 0.4) is 0 Å². The number of hydrogen-bond acceptors (Lipinski definition) is 4. The van der Waals surface area contributed by atoms with Gasteiger partial charge in [0, 0.05) is 6.07 Å². The van der Waals surface area contributed by atoms with Crippen LogP contribution in [-0.4, -0.2) is 18.5 Å². The molecule has 1 N–H and O–H groups in total. The first kappa shape index (κ1) is 9.92. The molecule has 1 aromatic carbocycles. The third-order valence-corrected chi connectivity index (χ3v) is 2.96. The summed E-state index contributed by atoms with van der Waals surface area (Å²) in [4.78, 5) is 14.8. The molecular formula is C10H10N2O2S. The molecule has 2 aromatic rings. The summed E-state index contributed by atoms with van der Waals surface area (Å²) in [5, 5.41) is 3.60. The average molecular weight is 222 g/mol. The van der Waals surface area contributed by atoms with Crippen molar-refractivity contribution in [3.63, 3.8) is 0 Å². The Labute approximate surface area is 90.9 Å². The molecule has 0 fully saturated rings. The van der Waals surface area contributed by atoms with Crippen LogP contribution in [-0.2, 0) is 4.79 Å². The maximum atomic E-state index is 10.4. The number of carbonyl (C=O) groups excluding carboxylic acids is 1. The summed E-state index contributed by atoms with van der Waals surface area (Å²) in [6.07, 6.45) is 0.636. The number of aromatic nitrogens is 1. The first-order chi connectivity index (χ1) is 7.24. The minimum absolute atomic E-state index is 0.625. The zero-order valence-electron chi connectivity index (χ0n) is 8.40. The predicted octanol–water partition coefficient (Wildman–Crippen LogP) is 2.18. The normalized spacial score (nSPS) is 10.3. The van der Waals surface area contributed by atoms with Gasteiger partial charge in [-0.15, -0.1) is 11.3 Å². The van der Waals surface area contributed by atoms with Gasteiger partial charge >= 0.3 is 0 Å². The number of nitrogens with one attached hydrogen (secondary N) is 1. The number of thiazole rings is 1. The van der Waals surface area contributed by atoms with Gasteiger partial charge in [-0.25, -0.2) is 4.98 Å². The Hall–Kier alpha value is -1.62. The van der Waals surface area contributed by atoms with Gasteiger partial charge in [-0.1, -0.05) is 0 Å². The van der Waals surface area contributed by atoms with Crippen LogP contribution in [0.5, 0.6) is 5.75 Å². The molecule has 0 saturated carbocycles. The monoisotopic (exact) mass is 222 g/mol. The van der Waals surface area contributed by atoms with E-state index in [0.717, 1.165) is 15.2 Å². The predicted molar refractivity (Wildman–Crippen MR) is 60.6 cm³/mol. The minimum Gasteiger partial charge on any atom is -0.494 e. The second kappa shape index (κ2) is 3.86. The van der Waals surface area contributed by atoms with Gasteiger partial charge in [0.2, 0.25) is 6.41 Å². The van der Waals surface area contributed by atoms with Crippen molar-refractivity contribution in [3.05, 3.63) is 17.1 Å². The lowest BCUT2D eigenvalue weighted by atomic mass is 10.2. The molecule has 0 aliphatic heterocycles. The second-order valence-corrected chi connectivity index (χ2v) is 4.25. The van der Waals surface area contributed by atoms with E-state index in [-0.39, 0.29) is 0 Å². The number of anilines is 1. The van der Waals surface area contributed by atoms with Crippen LogP contribution >= 0.6 is 11.3 Å². The van der Waals surface area contributed by atoms with E-state index < -0.39 is 0 Å². The Kier molecular flexibility index (Phi) is 2.55. The first-order valence-corrected chi connectivity index (χ1v) is 5.21. The summed E-state index contributed by atoms with van der Waals surface area (Å²) in [5.41, 5.74) is 1.56. The van der Waals surface area contributed by atoms with Crippen molar-refractivity contribution in [3.8, 4) is 5.75 Å². The summed E-state index contributed by atoms with van der Waals surface area (Å²) < 4.78 is 6.20. The van der Waals surface area contributed by atoms with Crippen molar-refractivity contribution in [2.45, 2.75) is 6.92 Å². The number of carbonyl (C=O) groups is 1. The number of amides is 1. The maximum Gasteiger partial charge on any atom is 0.211 e. The number of benzene rings is 1. The molecule has 1 aromatic heterocycles. The highest BCUT2D eigenvalue weighted by atomic mass is 32.1. The van der Waals surface area contributed by atoms with E-state index in [1.165, 1.54) is 0 Å². The molecule has 1 heterocycles. The van der Waals surface area contributed by atoms with Crippen molar-refractivity contribution in [2.75, 3.05) is 12.4 Å². The standard InChI is InChI=1S/C10H10N2O2S/c1-6-12-8-3-9(14-2)7(11-5-13)4-10(8)15-6/h3-5H,1-2H3,(H,11,13). The highest BCUT2D eigenvalue weighted by Gasteiger charge is 2.07. The van der Waals surface area contributed by atoms with Crippen molar-refractivity contribution in [2.24, 2.45) is 0 Å². The zero-order valence-corrected chi connectivity index (χ0v) is 9.22. The molecule has 0 aliphatic carbocycles. The van der Waals surface area contributed by atoms with Crippen LogP contribution < -0.4 is 10.1 Å². The lowest BCUT2D eigenvalue weighted by Gasteiger charge is -2.06. The molecule has 0 atom stereocenters. The number of aryl methyl sites for hydroxylation is 1. The zero-order chi connectivity index (χ0) is 10.8. The molecule has 0 saturated heterocycles. The van der Waals surface area contributed by atoms with Crippen molar-refractivity contribution in [1.29, 1.82) is 0 Å².